The van der Waals surface area contributed by atoms with Crippen LogP contribution in [0.25, 0.3) is 0 Å². The van der Waals surface area contributed by atoms with Crippen LogP contribution in [0.5, 0.6) is 5.75 Å². The van der Waals surface area contributed by atoms with Crippen molar-refractivity contribution in [2.24, 2.45) is 0 Å². The van der Waals surface area contributed by atoms with Gasteiger partial charge < -0.3 is 4.74 Å². The number of methoxy groups -OCH3 is 1. The Balaban J connectivity index is 2.29. The molecular weight excluding hydrogens is 323 g/mol. The highest BCUT2D eigenvalue weighted by Gasteiger charge is 2.16. The van der Waals surface area contributed by atoms with Crippen LogP contribution in [0.4, 0.5) is 4.39 Å². The largest absolute Gasteiger partial charge is 0.496 e. The summed E-state index contributed by atoms with van der Waals surface area (Å²) in [4.78, 5) is 12.3. The van der Waals surface area contributed by atoms with Gasteiger partial charge in [0.25, 0.3) is 0 Å². The van der Waals surface area contributed by atoms with Gasteiger partial charge in [0, 0.05) is 12.5 Å². The van der Waals surface area contributed by atoms with Crippen LogP contribution in [0.1, 0.15) is 21.5 Å². The summed E-state index contributed by atoms with van der Waals surface area (Å²) in [6, 6.07) is 10.4. The van der Waals surface area contributed by atoms with Gasteiger partial charge in [-0.15, -0.1) is 0 Å². The second-order valence-electron chi connectivity index (χ2n) is 4.55. The van der Waals surface area contributed by atoms with E-state index in [-0.39, 0.29) is 22.4 Å². The quantitative estimate of drug-likeness (QED) is 0.776. The van der Waals surface area contributed by atoms with Crippen LogP contribution in [-0.4, -0.2) is 12.9 Å². The van der Waals surface area contributed by atoms with Crippen molar-refractivity contribution in [3.63, 3.8) is 0 Å². The molecule has 0 saturated carbocycles. The Hall–Kier alpha value is -1.68. The third-order valence-corrected chi connectivity index (χ3v) is 3.64. The van der Waals surface area contributed by atoms with Crippen LogP contribution >= 0.6 is 15.9 Å². The molecule has 2 aromatic rings. The third kappa shape index (κ3) is 3.25. The number of carbonyl (C=O) groups excluding carboxylic acids is 1. The highest BCUT2D eigenvalue weighted by molar-refractivity contribution is 9.10. The van der Waals surface area contributed by atoms with Crippen LogP contribution in [0.3, 0.4) is 0 Å². The Morgan fingerprint density at radius 3 is 2.50 bits per heavy atom. The molecule has 0 saturated heterocycles. The smallest absolute Gasteiger partial charge is 0.170 e. The minimum atomic E-state index is -0.450. The van der Waals surface area contributed by atoms with Crippen molar-refractivity contribution in [2.75, 3.05) is 7.11 Å². The van der Waals surface area contributed by atoms with E-state index >= 15 is 0 Å². The molecule has 20 heavy (non-hydrogen) atoms. The third-order valence-electron chi connectivity index (χ3n) is 3.03. The van der Waals surface area contributed by atoms with E-state index in [4.69, 9.17) is 4.74 Å². The molecule has 0 aromatic heterocycles. The normalized spacial score (nSPS) is 10.4. The van der Waals surface area contributed by atoms with Gasteiger partial charge in [0.05, 0.1) is 17.1 Å². The van der Waals surface area contributed by atoms with Crippen molar-refractivity contribution >= 4 is 21.7 Å². The molecule has 0 aliphatic carbocycles. The van der Waals surface area contributed by atoms with Crippen molar-refractivity contribution in [1.29, 1.82) is 0 Å². The van der Waals surface area contributed by atoms with E-state index in [9.17, 15) is 9.18 Å². The Kier molecular flexibility index (Phi) is 4.55. The lowest BCUT2D eigenvalue weighted by Crippen LogP contribution is -2.06. The van der Waals surface area contributed by atoms with Crippen LogP contribution in [0.15, 0.2) is 40.9 Å². The van der Waals surface area contributed by atoms with E-state index in [1.54, 1.807) is 0 Å². The Morgan fingerprint density at radius 1 is 1.25 bits per heavy atom. The number of ether oxygens (including phenoxy) is 1. The zero-order valence-corrected chi connectivity index (χ0v) is 12.8. The lowest BCUT2D eigenvalue weighted by atomic mass is 10.0. The molecule has 0 bridgehead atoms. The summed E-state index contributed by atoms with van der Waals surface area (Å²) >= 11 is 3.09. The van der Waals surface area contributed by atoms with Crippen molar-refractivity contribution in [3.8, 4) is 5.75 Å². The van der Waals surface area contributed by atoms with Gasteiger partial charge in [0.1, 0.15) is 11.6 Å². The number of ketones is 1. The molecule has 0 fully saturated rings. The number of Topliss-reactive ketones (excluding diaryl/α,β-unsaturated/α-hetero) is 1. The summed E-state index contributed by atoms with van der Waals surface area (Å²) in [6.45, 7) is 1.99. The average Bonchev–Trinajstić information content (AvgIpc) is 2.43. The molecule has 0 aliphatic rings. The second-order valence-corrected chi connectivity index (χ2v) is 5.41. The van der Waals surface area contributed by atoms with Crippen molar-refractivity contribution in [2.45, 2.75) is 13.3 Å². The zero-order chi connectivity index (χ0) is 14.7. The van der Waals surface area contributed by atoms with Gasteiger partial charge in [0.2, 0.25) is 0 Å². The number of hydrogen-bond donors (Lipinski definition) is 0. The first-order valence-corrected chi connectivity index (χ1v) is 6.92. The molecule has 0 amide bonds. The SMILES string of the molecule is COc1cc(F)c(Br)cc1C(=O)Cc1ccc(C)cc1. The van der Waals surface area contributed by atoms with Gasteiger partial charge in [-0.25, -0.2) is 4.39 Å². The molecule has 0 aliphatic heterocycles. The molecule has 0 N–H and O–H groups in total. The fourth-order valence-electron chi connectivity index (χ4n) is 1.90. The van der Waals surface area contributed by atoms with Gasteiger partial charge in [-0.1, -0.05) is 29.8 Å². The number of rotatable bonds is 4. The number of hydrogen-bond acceptors (Lipinski definition) is 2. The summed E-state index contributed by atoms with van der Waals surface area (Å²) in [5.74, 6) is -0.303. The first-order valence-electron chi connectivity index (χ1n) is 6.13. The van der Waals surface area contributed by atoms with E-state index in [0.717, 1.165) is 11.1 Å². The van der Waals surface area contributed by atoms with E-state index < -0.39 is 5.82 Å². The zero-order valence-electron chi connectivity index (χ0n) is 11.2. The Labute approximate surface area is 125 Å². The Bertz CT molecular complexity index is 636. The molecule has 2 nitrogen and oxygen atoms in total. The number of aryl methyl sites for hydroxylation is 1. The molecule has 0 spiro atoms. The summed E-state index contributed by atoms with van der Waals surface area (Å²) in [5.41, 5.74) is 2.44. The molecule has 2 aromatic carbocycles. The average molecular weight is 337 g/mol. The summed E-state index contributed by atoms with van der Waals surface area (Å²) in [5, 5.41) is 0. The van der Waals surface area contributed by atoms with Gasteiger partial charge in [-0.3, -0.25) is 4.79 Å². The summed E-state index contributed by atoms with van der Waals surface area (Å²) in [6.07, 6.45) is 0.259. The van der Waals surface area contributed by atoms with Crippen molar-refractivity contribution in [3.05, 3.63) is 63.4 Å². The molecule has 0 atom stereocenters. The minimum absolute atomic E-state index is 0.105. The second kappa shape index (κ2) is 6.18. The van der Waals surface area contributed by atoms with E-state index in [0.29, 0.717) is 5.56 Å². The van der Waals surface area contributed by atoms with Gasteiger partial charge >= 0.3 is 0 Å². The highest BCUT2D eigenvalue weighted by atomic mass is 79.9. The summed E-state index contributed by atoms with van der Waals surface area (Å²) in [7, 11) is 1.42. The molecule has 4 heteroatoms. The van der Waals surface area contributed by atoms with E-state index in [1.807, 2.05) is 31.2 Å². The maximum absolute atomic E-state index is 13.4. The van der Waals surface area contributed by atoms with Gasteiger partial charge in [0.15, 0.2) is 5.78 Å². The predicted octanol–water partition coefficient (Wildman–Crippen LogP) is 4.33. The Morgan fingerprint density at radius 2 is 1.90 bits per heavy atom. The number of carbonyl (C=O) groups is 1. The molecule has 0 heterocycles. The van der Waals surface area contributed by atoms with Crippen molar-refractivity contribution < 1.29 is 13.9 Å². The first kappa shape index (κ1) is 14.7. The molecule has 104 valence electrons. The molecule has 0 unspecified atom stereocenters. The first-order chi connectivity index (χ1) is 9.51. The minimum Gasteiger partial charge on any atom is -0.496 e. The van der Waals surface area contributed by atoms with Crippen LogP contribution in [0.2, 0.25) is 0 Å². The fourth-order valence-corrected chi connectivity index (χ4v) is 2.25. The lowest BCUT2D eigenvalue weighted by molar-refractivity contribution is 0.0990. The monoisotopic (exact) mass is 336 g/mol. The molecule has 2 rings (SSSR count). The summed E-state index contributed by atoms with van der Waals surface area (Å²) < 4.78 is 18.8. The predicted molar refractivity (Wildman–Crippen MR) is 79.9 cm³/mol. The lowest BCUT2D eigenvalue weighted by Gasteiger charge is -2.09. The van der Waals surface area contributed by atoms with Gasteiger partial charge in [-0.2, -0.15) is 0 Å². The standard InChI is InChI=1S/C16H14BrFO2/c1-10-3-5-11(6-4-10)7-15(19)12-8-13(17)14(18)9-16(12)20-2/h3-6,8-9H,7H2,1-2H3. The van der Waals surface area contributed by atoms with E-state index in [2.05, 4.69) is 15.9 Å². The molecule has 0 radical (unpaired) electrons. The molecular formula is C16H14BrFO2. The maximum Gasteiger partial charge on any atom is 0.170 e. The highest BCUT2D eigenvalue weighted by Crippen LogP contribution is 2.27. The van der Waals surface area contributed by atoms with Crippen molar-refractivity contribution in [1.82, 2.24) is 0 Å². The topological polar surface area (TPSA) is 26.3 Å². The van der Waals surface area contributed by atoms with Crippen LogP contribution in [-0.2, 0) is 6.42 Å². The fraction of sp³-hybridized carbons (Fsp3) is 0.188. The number of halogens is 2. The van der Waals surface area contributed by atoms with E-state index in [1.165, 1.54) is 19.2 Å². The van der Waals surface area contributed by atoms with Crippen LogP contribution < -0.4 is 4.74 Å². The van der Waals surface area contributed by atoms with Crippen LogP contribution in [0, 0.1) is 12.7 Å². The number of benzene rings is 2. The maximum atomic E-state index is 13.4. The van der Waals surface area contributed by atoms with Gasteiger partial charge in [-0.05, 0) is 34.5 Å².